The van der Waals surface area contributed by atoms with Gasteiger partial charge in [0.2, 0.25) is 0 Å². The zero-order valence-electron chi connectivity index (χ0n) is 7.67. The third kappa shape index (κ3) is 10.3. The Morgan fingerprint density at radius 1 is 1.33 bits per heavy atom. The lowest BCUT2D eigenvalue weighted by molar-refractivity contribution is 0.598. The predicted octanol–water partition coefficient (Wildman–Crippen LogP) is 0.374. The molecule has 5 heteroatoms. The zero-order valence-corrected chi connectivity index (χ0v) is 9.30. The van der Waals surface area contributed by atoms with Crippen LogP contribution in [0.3, 0.4) is 0 Å². The predicted molar refractivity (Wildman–Crippen MR) is 55.6 cm³/mol. The van der Waals surface area contributed by atoms with Gasteiger partial charge in [-0.05, 0) is 5.75 Å². The maximum atomic E-state index is 10.7. The lowest BCUT2D eigenvalue weighted by Gasteiger charge is -2.01. The highest BCUT2D eigenvalue weighted by Gasteiger charge is 1.99. The van der Waals surface area contributed by atoms with Gasteiger partial charge in [-0.2, -0.15) is 11.8 Å². The lowest BCUT2D eigenvalue weighted by atomic mass is 10.7. The first-order chi connectivity index (χ1) is 5.56. The fourth-order valence-corrected chi connectivity index (χ4v) is 1.76. The second kappa shape index (κ2) is 6.74. The van der Waals surface area contributed by atoms with Crippen molar-refractivity contribution in [3.05, 3.63) is 0 Å². The molecule has 0 saturated heterocycles. The van der Waals surface area contributed by atoms with Crippen molar-refractivity contribution in [1.29, 1.82) is 0 Å². The van der Waals surface area contributed by atoms with Crippen molar-refractivity contribution in [2.24, 2.45) is 0 Å². The highest BCUT2D eigenvalue weighted by molar-refractivity contribution is 7.99. The van der Waals surface area contributed by atoms with Gasteiger partial charge in [0.1, 0.15) is 9.84 Å². The van der Waals surface area contributed by atoms with Crippen molar-refractivity contribution in [3.8, 4) is 0 Å². The van der Waals surface area contributed by atoms with Crippen LogP contribution in [0.15, 0.2) is 0 Å². The van der Waals surface area contributed by atoms with Gasteiger partial charge in [-0.3, -0.25) is 0 Å². The van der Waals surface area contributed by atoms with Crippen LogP contribution in [0.2, 0.25) is 0 Å². The molecule has 0 aromatic carbocycles. The summed E-state index contributed by atoms with van der Waals surface area (Å²) in [6, 6.07) is 0. The van der Waals surface area contributed by atoms with Gasteiger partial charge in [0, 0.05) is 25.1 Å². The molecule has 0 atom stereocenters. The lowest BCUT2D eigenvalue weighted by Crippen LogP contribution is -2.24. The van der Waals surface area contributed by atoms with E-state index >= 15 is 0 Å². The molecular formula is C7H17NO2S2. The molecule has 0 saturated carbocycles. The van der Waals surface area contributed by atoms with Crippen LogP contribution in [0.5, 0.6) is 0 Å². The van der Waals surface area contributed by atoms with E-state index in [-0.39, 0.29) is 5.75 Å². The van der Waals surface area contributed by atoms with Crippen molar-refractivity contribution in [2.45, 2.75) is 6.92 Å². The monoisotopic (exact) mass is 211 g/mol. The molecule has 0 aromatic heterocycles. The minimum absolute atomic E-state index is 0.240. The van der Waals surface area contributed by atoms with E-state index in [1.807, 2.05) is 11.8 Å². The van der Waals surface area contributed by atoms with Gasteiger partial charge < -0.3 is 5.32 Å². The molecule has 0 bridgehead atoms. The summed E-state index contributed by atoms with van der Waals surface area (Å²) in [4.78, 5) is 0. The third-order valence-corrected chi connectivity index (χ3v) is 3.12. The first kappa shape index (κ1) is 12.3. The molecule has 0 amide bonds. The first-order valence-corrected chi connectivity index (χ1v) is 7.24. The minimum atomic E-state index is -2.79. The summed E-state index contributed by atoms with van der Waals surface area (Å²) in [6.07, 6.45) is 1.26. The van der Waals surface area contributed by atoms with Crippen LogP contribution in [0.4, 0.5) is 0 Å². The minimum Gasteiger partial charge on any atom is -0.315 e. The van der Waals surface area contributed by atoms with E-state index in [1.165, 1.54) is 6.26 Å². The van der Waals surface area contributed by atoms with Crippen LogP contribution >= 0.6 is 11.8 Å². The van der Waals surface area contributed by atoms with Crippen LogP contribution in [-0.4, -0.2) is 45.0 Å². The Bertz CT molecular complexity index is 190. The number of hydrogen-bond acceptors (Lipinski definition) is 4. The second-order valence-electron chi connectivity index (χ2n) is 2.58. The molecule has 3 nitrogen and oxygen atoms in total. The summed E-state index contributed by atoms with van der Waals surface area (Å²) in [5.41, 5.74) is 0. The zero-order chi connectivity index (χ0) is 9.45. The van der Waals surface area contributed by atoms with E-state index in [2.05, 4.69) is 12.2 Å². The molecule has 0 spiro atoms. The Kier molecular flexibility index (Phi) is 6.89. The topological polar surface area (TPSA) is 46.2 Å². The summed E-state index contributed by atoms with van der Waals surface area (Å²) in [7, 11) is -2.79. The van der Waals surface area contributed by atoms with Crippen LogP contribution in [0.1, 0.15) is 6.92 Å². The average molecular weight is 211 g/mol. The van der Waals surface area contributed by atoms with Crippen LogP contribution in [0, 0.1) is 0 Å². The molecule has 0 unspecified atom stereocenters. The largest absolute Gasteiger partial charge is 0.315 e. The Labute approximate surface area is 79.2 Å². The molecule has 0 fully saturated rings. The molecule has 0 rings (SSSR count). The average Bonchev–Trinajstić information content (AvgIpc) is 1.94. The van der Waals surface area contributed by atoms with E-state index in [9.17, 15) is 8.42 Å². The molecule has 0 aliphatic rings. The van der Waals surface area contributed by atoms with Gasteiger partial charge in [0.05, 0.1) is 5.75 Å². The van der Waals surface area contributed by atoms with Gasteiger partial charge in [-0.15, -0.1) is 0 Å². The van der Waals surface area contributed by atoms with E-state index < -0.39 is 9.84 Å². The number of hydrogen-bond donors (Lipinski definition) is 1. The molecule has 1 N–H and O–H groups in total. The Morgan fingerprint density at radius 2 is 2.00 bits per heavy atom. The maximum Gasteiger partial charge on any atom is 0.148 e. The number of thioether (sulfide) groups is 1. The third-order valence-electron chi connectivity index (χ3n) is 1.28. The van der Waals surface area contributed by atoms with E-state index in [1.54, 1.807) is 0 Å². The van der Waals surface area contributed by atoms with Gasteiger partial charge in [0.15, 0.2) is 0 Å². The highest BCUT2D eigenvalue weighted by Crippen LogP contribution is 1.94. The fourth-order valence-electron chi connectivity index (χ4n) is 0.671. The number of sulfone groups is 1. The van der Waals surface area contributed by atoms with Gasteiger partial charge in [-0.1, -0.05) is 6.92 Å². The molecule has 74 valence electrons. The first-order valence-electron chi connectivity index (χ1n) is 4.02. The SMILES string of the molecule is CCSCCNCCS(C)(=O)=O. The van der Waals surface area contributed by atoms with Crippen molar-refractivity contribution in [2.75, 3.05) is 36.6 Å². The second-order valence-corrected chi connectivity index (χ2v) is 6.23. The summed E-state index contributed by atoms with van der Waals surface area (Å²) in [5, 5.41) is 3.08. The molecule has 0 radical (unpaired) electrons. The molecule has 0 heterocycles. The fraction of sp³-hybridized carbons (Fsp3) is 1.00. The molecule has 12 heavy (non-hydrogen) atoms. The molecule has 0 aliphatic carbocycles. The molecule has 0 aliphatic heterocycles. The van der Waals surface area contributed by atoms with Gasteiger partial charge in [0.25, 0.3) is 0 Å². The van der Waals surface area contributed by atoms with Crippen molar-refractivity contribution in [1.82, 2.24) is 5.32 Å². The number of nitrogens with one attached hydrogen (secondary N) is 1. The number of rotatable bonds is 7. The summed E-state index contributed by atoms with van der Waals surface area (Å²) >= 11 is 1.85. The summed E-state index contributed by atoms with van der Waals surface area (Å²) in [5.74, 6) is 2.41. The van der Waals surface area contributed by atoms with Gasteiger partial charge >= 0.3 is 0 Å². The van der Waals surface area contributed by atoms with E-state index in [0.717, 1.165) is 18.1 Å². The Morgan fingerprint density at radius 3 is 2.50 bits per heavy atom. The van der Waals surface area contributed by atoms with E-state index in [4.69, 9.17) is 0 Å². The van der Waals surface area contributed by atoms with Crippen molar-refractivity contribution >= 4 is 21.6 Å². The van der Waals surface area contributed by atoms with Gasteiger partial charge in [-0.25, -0.2) is 8.42 Å². The maximum absolute atomic E-state index is 10.7. The normalized spacial score (nSPS) is 11.8. The van der Waals surface area contributed by atoms with E-state index in [0.29, 0.717) is 6.54 Å². The van der Waals surface area contributed by atoms with Crippen LogP contribution < -0.4 is 5.32 Å². The Hall–Kier alpha value is 0.260. The van der Waals surface area contributed by atoms with Crippen LogP contribution in [-0.2, 0) is 9.84 Å². The summed E-state index contributed by atoms with van der Waals surface area (Å²) in [6.45, 7) is 3.58. The molecule has 0 aromatic rings. The van der Waals surface area contributed by atoms with Crippen molar-refractivity contribution < 1.29 is 8.42 Å². The van der Waals surface area contributed by atoms with Crippen LogP contribution in [0.25, 0.3) is 0 Å². The smallest absolute Gasteiger partial charge is 0.148 e. The Balaban J connectivity index is 3.12. The van der Waals surface area contributed by atoms with Crippen molar-refractivity contribution in [3.63, 3.8) is 0 Å². The standard InChI is InChI=1S/C7H17NO2S2/c1-3-11-6-4-8-5-7-12(2,9)10/h8H,3-7H2,1-2H3. The summed E-state index contributed by atoms with van der Waals surface area (Å²) < 4.78 is 21.3. The highest BCUT2D eigenvalue weighted by atomic mass is 32.2. The molecular weight excluding hydrogens is 194 g/mol. The quantitative estimate of drug-likeness (QED) is 0.618.